The van der Waals surface area contributed by atoms with Crippen molar-refractivity contribution in [3.05, 3.63) is 35.9 Å². The van der Waals surface area contributed by atoms with Crippen LogP contribution in [0.15, 0.2) is 30.3 Å². The zero-order valence-electron chi connectivity index (χ0n) is 11.6. The molecule has 0 aromatic heterocycles. The van der Waals surface area contributed by atoms with E-state index in [1.54, 1.807) is 0 Å². The van der Waals surface area contributed by atoms with Gasteiger partial charge < -0.3 is 20.1 Å². The number of carboxylic acid groups (broad SMARTS) is 1. The predicted octanol–water partition coefficient (Wildman–Crippen LogP) is 2.20. The summed E-state index contributed by atoms with van der Waals surface area (Å²) in [6.07, 6.45) is 0.984. The Morgan fingerprint density at radius 1 is 1.29 bits per heavy atom. The van der Waals surface area contributed by atoms with E-state index in [0.717, 1.165) is 18.4 Å². The number of nitrogens with one attached hydrogen (secondary N) is 1. The lowest BCUT2D eigenvalue weighted by atomic mass is 9.96. The Balaban J connectivity index is 1.51. The average Bonchev–Trinajstić information content (AvgIpc) is 3.04. The topological polar surface area (TPSA) is 78.9 Å². The highest BCUT2D eigenvalue weighted by atomic mass is 16.5. The Morgan fingerprint density at radius 3 is 2.71 bits per heavy atom. The predicted molar refractivity (Wildman–Crippen MR) is 74.8 cm³/mol. The molecule has 2 heterocycles. The summed E-state index contributed by atoms with van der Waals surface area (Å²) in [5.74, 6) is 0. The third-order valence-corrected chi connectivity index (χ3v) is 4.27. The van der Waals surface area contributed by atoms with Gasteiger partial charge >= 0.3 is 12.2 Å². The largest absolute Gasteiger partial charge is 0.465 e. The van der Waals surface area contributed by atoms with Crippen LogP contribution in [0.2, 0.25) is 0 Å². The van der Waals surface area contributed by atoms with Gasteiger partial charge in [-0.3, -0.25) is 0 Å². The second-order valence-corrected chi connectivity index (χ2v) is 5.54. The van der Waals surface area contributed by atoms with Gasteiger partial charge in [-0.25, -0.2) is 9.59 Å². The van der Waals surface area contributed by atoms with Crippen LogP contribution in [0.4, 0.5) is 9.59 Å². The highest BCUT2D eigenvalue weighted by Gasteiger charge is 2.49. The van der Waals surface area contributed by atoms with Crippen molar-refractivity contribution in [2.75, 3.05) is 0 Å². The minimum absolute atomic E-state index is 0.0342. The Labute approximate surface area is 122 Å². The molecule has 3 rings (SSSR count). The molecule has 1 aromatic rings. The molecule has 2 N–H and O–H groups in total. The molecule has 3 atom stereocenters. The van der Waals surface area contributed by atoms with Crippen molar-refractivity contribution in [3.63, 3.8) is 0 Å². The summed E-state index contributed by atoms with van der Waals surface area (Å²) >= 11 is 0. The quantitative estimate of drug-likeness (QED) is 0.894. The molecule has 0 spiro atoms. The maximum atomic E-state index is 11.8. The first-order valence-corrected chi connectivity index (χ1v) is 7.13. The molecule has 2 aliphatic heterocycles. The number of hydrogen-bond donors (Lipinski definition) is 2. The van der Waals surface area contributed by atoms with Crippen molar-refractivity contribution >= 4 is 12.2 Å². The van der Waals surface area contributed by atoms with Crippen LogP contribution in [0.25, 0.3) is 0 Å². The van der Waals surface area contributed by atoms with E-state index in [1.165, 1.54) is 4.90 Å². The van der Waals surface area contributed by atoms with Gasteiger partial charge in [0.2, 0.25) is 0 Å². The number of benzene rings is 1. The van der Waals surface area contributed by atoms with Gasteiger partial charge in [-0.1, -0.05) is 30.3 Å². The summed E-state index contributed by atoms with van der Waals surface area (Å²) < 4.78 is 5.18. The number of fused-ring (bicyclic) bond motifs is 2. The number of carbonyl (C=O) groups is 2. The molecule has 0 saturated carbocycles. The molecule has 2 fully saturated rings. The number of alkyl carbamates (subject to hydrolysis) is 1. The average molecular weight is 290 g/mol. The second-order valence-electron chi connectivity index (χ2n) is 5.54. The molecule has 0 aliphatic carbocycles. The first kappa shape index (κ1) is 13.7. The van der Waals surface area contributed by atoms with Gasteiger partial charge in [0.15, 0.2) is 0 Å². The van der Waals surface area contributed by atoms with Crippen LogP contribution in [0.1, 0.15) is 24.8 Å². The number of nitrogens with zero attached hydrogens (tertiary/aromatic N) is 1. The smallest absolute Gasteiger partial charge is 0.407 e. The van der Waals surface area contributed by atoms with Crippen LogP contribution in [0, 0.1) is 0 Å². The Bertz CT molecular complexity index is 534. The first-order valence-electron chi connectivity index (χ1n) is 7.13. The van der Waals surface area contributed by atoms with Crippen LogP contribution >= 0.6 is 0 Å². The van der Waals surface area contributed by atoms with Gasteiger partial charge in [-0.15, -0.1) is 0 Å². The van der Waals surface area contributed by atoms with Crippen molar-refractivity contribution in [1.82, 2.24) is 10.2 Å². The molecule has 2 saturated heterocycles. The SMILES string of the molecule is O=C(N[C@@H]1C[C@H]2CC[C@@H]1N2C(=O)O)OCc1ccccc1. The molecule has 6 nitrogen and oxygen atoms in total. The minimum atomic E-state index is -0.899. The fraction of sp³-hybridized carbons (Fsp3) is 0.467. The molecule has 2 amide bonds. The van der Waals surface area contributed by atoms with Gasteiger partial charge in [-0.2, -0.15) is 0 Å². The summed E-state index contributed by atoms with van der Waals surface area (Å²) in [5, 5.41) is 12.0. The maximum Gasteiger partial charge on any atom is 0.407 e. The van der Waals surface area contributed by atoms with Crippen molar-refractivity contribution in [2.45, 2.75) is 44.0 Å². The third kappa shape index (κ3) is 2.79. The molecule has 21 heavy (non-hydrogen) atoms. The number of ether oxygens (including phenoxy) is 1. The molecular weight excluding hydrogens is 272 g/mol. The van der Waals surface area contributed by atoms with E-state index < -0.39 is 12.2 Å². The van der Waals surface area contributed by atoms with Crippen LogP contribution in [0.3, 0.4) is 0 Å². The number of amides is 2. The Kier molecular flexibility index (Phi) is 3.68. The lowest BCUT2D eigenvalue weighted by Gasteiger charge is -2.22. The fourth-order valence-corrected chi connectivity index (χ4v) is 3.36. The van der Waals surface area contributed by atoms with Gasteiger partial charge in [0, 0.05) is 6.04 Å². The lowest BCUT2D eigenvalue weighted by Crippen LogP contribution is -2.45. The monoisotopic (exact) mass is 290 g/mol. The van der Waals surface area contributed by atoms with E-state index in [0.29, 0.717) is 6.42 Å². The molecule has 2 aliphatic rings. The Hall–Kier alpha value is -2.24. The standard InChI is InChI=1S/C15H18N2O4/c18-14(21-9-10-4-2-1-3-5-10)16-12-8-11-6-7-13(12)17(11)15(19)20/h1-5,11-13H,6-9H2,(H,16,18)(H,19,20)/t11-,12-,13+/m1/s1. The maximum absolute atomic E-state index is 11.8. The molecule has 6 heteroatoms. The zero-order chi connectivity index (χ0) is 14.8. The minimum Gasteiger partial charge on any atom is -0.465 e. The highest BCUT2D eigenvalue weighted by molar-refractivity contribution is 5.70. The number of rotatable bonds is 3. The normalized spacial score (nSPS) is 26.7. The second kappa shape index (κ2) is 5.63. The van der Waals surface area contributed by atoms with Crippen LogP contribution < -0.4 is 5.32 Å². The molecule has 2 bridgehead atoms. The lowest BCUT2D eigenvalue weighted by molar-refractivity contribution is 0.126. The molecule has 0 radical (unpaired) electrons. The van der Waals surface area contributed by atoms with E-state index in [2.05, 4.69) is 5.32 Å². The molecular formula is C15H18N2O4. The van der Waals surface area contributed by atoms with E-state index in [1.807, 2.05) is 30.3 Å². The van der Waals surface area contributed by atoms with E-state index >= 15 is 0 Å². The molecule has 112 valence electrons. The van der Waals surface area contributed by atoms with Crippen LogP contribution in [-0.2, 0) is 11.3 Å². The Morgan fingerprint density at radius 2 is 2.05 bits per heavy atom. The summed E-state index contributed by atoms with van der Waals surface area (Å²) in [4.78, 5) is 24.5. The molecule has 0 unspecified atom stereocenters. The third-order valence-electron chi connectivity index (χ3n) is 4.27. The summed E-state index contributed by atoms with van der Waals surface area (Å²) in [6.45, 7) is 0.218. The van der Waals surface area contributed by atoms with Crippen molar-refractivity contribution in [1.29, 1.82) is 0 Å². The summed E-state index contributed by atoms with van der Waals surface area (Å²) in [7, 11) is 0. The van der Waals surface area contributed by atoms with Gasteiger partial charge in [-0.05, 0) is 24.8 Å². The van der Waals surface area contributed by atoms with E-state index in [4.69, 9.17) is 4.74 Å². The fourth-order valence-electron chi connectivity index (χ4n) is 3.36. The molecule has 1 aromatic carbocycles. The van der Waals surface area contributed by atoms with Gasteiger partial charge in [0.05, 0.1) is 12.1 Å². The van der Waals surface area contributed by atoms with Gasteiger partial charge in [0.1, 0.15) is 6.61 Å². The van der Waals surface area contributed by atoms with Gasteiger partial charge in [0.25, 0.3) is 0 Å². The summed E-state index contributed by atoms with van der Waals surface area (Å²) in [5.41, 5.74) is 0.924. The number of carbonyl (C=O) groups excluding carboxylic acids is 1. The van der Waals surface area contributed by atoms with E-state index in [-0.39, 0.29) is 24.7 Å². The summed E-state index contributed by atoms with van der Waals surface area (Å²) in [6, 6.07) is 9.23. The number of hydrogen-bond acceptors (Lipinski definition) is 3. The van der Waals surface area contributed by atoms with E-state index in [9.17, 15) is 14.7 Å². The highest BCUT2D eigenvalue weighted by Crippen LogP contribution is 2.37. The van der Waals surface area contributed by atoms with Crippen LogP contribution in [-0.4, -0.2) is 40.3 Å². The van der Waals surface area contributed by atoms with Crippen LogP contribution in [0.5, 0.6) is 0 Å². The zero-order valence-corrected chi connectivity index (χ0v) is 11.6. The van der Waals surface area contributed by atoms with Crippen molar-refractivity contribution in [3.8, 4) is 0 Å². The first-order chi connectivity index (χ1) is 10.1. The van der Waals surface area contributed by atoms with Crippen molar-refractivity contribution in [2.24, 2.45) is 0 Å². The van der Waals surface area contributed by atoms with Crippen molar-refractivity contribution < 1.29 is 19.4 Å².